The Kier molecular flexibility index (Phi) is 5.38. The molecule has 0 atom stereocenters. The fourth-order valence-corrected chi connectivity index (χ4v) is 3.65. The summed E-state index contributed by atoms with van der Waals surface area (Å²) in [6.45, 7) is 0.802. The van der Waals surface area contributed by atoms with Crippen molar-refractivity contribution >= 4 is 11.6 Å². The van der Waals surface area contributed by atoms with Gasteiger partial charge in [-0.1, -0.05) is 11.6 Å². The maximum atomic E-state index is 13.7. The molecule has 4 nitrogen and oxygen atoms in total. The molecule has 0 saturated heterocycles. The fraction of sp³-hybridized carbons (Fsp3) is 0.238. The number of rotatable bonds is 3. The monoisotopic (exact) mass is 437 g/mol. The molecule has 2 aromatic carbocycles. The zero-order valence-corrected chi connectivity index (χ0v) is 16.3. The molecule has 1 aliphatic rings. The lowest BCUT2D eigenvalue weighted by Gasteiger charge is -2.28. The molecule has 1 aromatic heterocycles. The Bertz CT molecular complexity index is 1140. The predicted molar refractivity (Wildman–Crippen MR) is 105 cm³/mol. The third-order valence-corrected chi connectivity index (χ3v) is 5.21. The van der Waals surface area contributed by atoms with E-state index in [1.54, 1.807) is 29.2 Å². The third-order valence-electron chi connectivity index (χ3n) is 4.96. The van der Waals surface area contributed by atoms with Crippen LogP contribution in [0.2, 0.25) is 5.02 Å². The van der Waals surface area contributed by atoms with Crippen molar-refractivity contribution in [3.63, 3.8) is 0 Å². The zero-order valence-electron chi connectivity index (χ0n) is 15.6. The van der Waals surface area contributed by atoms with Gasteiger partial charge in [0.05, 0.1) is 16.8 Å². The Hall–Kier alpha value is -2.71. The average Bonchev–Trinajstić information content (AvgIpc) is 2.68. The van der Waals surface area contributed by atoms with E-state index in [0.717, 1.165) is 17.7 Å². The van der Waals surface area contributed by atoms with Crippen LogP contribution in [0.3, 0.4) is 0 Å². The SMILES string of the molecule is O=c1[nH]c(-c2ccc(Cl)cc2)nc2c1CN(Cc1cc(F)cc(C(F)(F)F)c1)CC2. The van der Waals surface area contributed by atoms with Crippen LogP contribution in [-0.4, -0.2) is 21.4 Å². The fourth-order valence-electron chi connectivity index (χ4n) is 3.52. The van der Waals surface area contributed by atoms with Crippen LogP contribution >= 0.6 is 11.6 Å². The second-order valence-corrected chi connectivity index (χ2v) is 7.59. The summed E-state index contributed by atoms with van der Waals surface area (Å²) in [6, 6.07) is 9.40. The molecule has 0 spiro atoms. The zero-order chi connectivity index (χ0) is 21.5. The smallest absolute Gasteiger partial charge is 0.306 e. The van der Waals surface area contributed by atoms with E-state index in [0.29, 0.717) is 41.1 Å². The molecule has 0 aliphatic carbocycles. The Balaban J connectivity index is 1.57. The molecule has 0 unspecified atom stereocenters. The van der Waals surface area contributed by atoms with Crippen molar-refractivity contribution < 1.29 is 17.6 Å². The molecular formula is C21H16ClF4N3O. The van der Waals surface area contributed by atoms with Crippen LogP contribution in [-0.2, 0) is 25.7 Å². The molecule has 4 rings (SSSR count). The average molecular weight is 438 g/mol. The first-order valence-electron chi connectivity index (χ1n) is 9.16. The van der Waals surface area contributed by atoms with Crippen LogP contribution in [0.25, 0.3) is 11.4 Å². The summed E-state index contributed by atoms with van der Waals surface area (Å²) in [6.07, 6.45) is -4.16. The van der Waals surface area contributed by atoms with Crippen molar-refractivity contribution in [1.82, 2.24) is 14.9 Å². The largest absolute Gasteiger partial charge is 0.416 e. The molecule has 0 amide bonds. The van der Waals surface area contributed by atoms with Crippen LogP contribution in [0, 0.1) is 5.82 Å². The summed E-state index contributed by atoms with van der Waals surface area (Å²) in [4.78, 5) is 21.7. The first-order chi connectivity index (χ1) is 14.2. The van der Waals surface area contributed by atoms with Gasteiger partial charge < -0.3 is 4.98 Å². The molecule has 0 bridgehead atoms. The number of alkyl halides is 3. The number of hydrogen-bond acceptors (Lipinski definition) is 3. The topological polar surface area (TPSA) is 49.0 Å². The van der Waals surface area contributed by atoms with Gasteiger partial charge in [0.2, 0.25) is 0 Å². The molecular weight excluding hydrogens is 422 g/mol. The van der Waals surface area contributed by atoms with Gasteiger partial charge in [0.1, 0.15) is 11.6 Å². The van der Waals surface area contributed by atoms with Gasteiger partial charge in [-0.2, -0.15) is 13.2 Å². The first-order valence-corrected chi connectivity index (χ1v) is 9.54. The highest BCUT2D eigenvalue weighted by atomic mass is 35.5. The molecule has 9 heteroatoms. The van der Waals surface area contributed by atoms with Crippen molar-refractivity contribution in [2.24, 2.45) is 0 Å². The van der Waals surface area contributed by atoms with Crippen molar-refractivity contribution in [3.05, 3.63) is 86.0 Å². The molecule has 1 N–H and O–H groups in total. The Labute approximate surface area is 174 Å². The van der Waals surface area contributed by atoms with Crippen LogP contribution in [0.15, 0.2) is 47.3 Å². The summed E-state index contributed by atoms with van der Waals surface area (Å²) >= 11 is 5.89. The number of nitrogens with zero attached hydrogens (tertiary/aromatic N) is 2. The Morgan fingerprint density at radius 3 is 2.57 bits per heavy atom. The predicted octanol–water partition coefficient (Wildman–Crippen LogP) is 4.81. The van der Waals surface area contributed by atoms with E-state index in [4.69, 9.17) is 11.6 Å². The van der Waals surface area contributed by atoms with E-state index in [1.165, 1.54) is 0 Å². The van der Waals surface area contributed by atoms with Crippen LogP contribution in [0.1, 0.15) is 22.4 Å². The quantitative estimate of drug-likeness (QED) is 0.598. The lowest BCUT2D eigenvalue weighted by molar-refractivity contribution is -0.137. The van der Waals surface area contributed by atoms with E-state index in [9.17, 15) is 22.4 Å². The number of nitrogens with one attached hydrogen (secondary N) is 1. The minimum absolute atomic E-state index is 0.0959. The highest BCUT2D eigenvalue weighted by Crippen LogP contribution is 2.31. The van der Waals surface area contributed by atoms with Crippen LogP contribution in [0.5, 0.6) is 0 Å². The number of H-pyrrole nitrogens is 1. The van der Waals surface area contributed by atoms with E-state index in [1.807, 2.05) is 0 Å². The maximum absolute atomic E-state index is 13.7. The van der Waals surface area contributed by atoms with Crippen LogP contribution < -0.4 is 5.56 Å². The lowest BCUT2D eigenvalue weighted by Crippen LogP contribution is -2.35. The molecule has 0 fully saturated rings. The van der Waals surface area contributed by atoms with Gasteiger partial charge in [-0.25, -0.2) is 9.37 Å². The molecule has 2 heterocycles. The number of halogens is 5. The second-order valence-electron chi connectivity index (χ2n) is 7.15. The molecule has 1 aliphatic heterocycles. The number of aromatic nitrogens is 2. The number of hydrogen-bond donors (Lipinski definition) is 1. The van der Waals surface area contributed by atoms with Crippen molar-refractivity contribution in [2.45, 2.75) is 25.7 Å². The molecule has 30 heavy (non-hydrogen) atoms. The molecule has 156 valence electrons. The normalized spacial score (nSPS) is 14.6. The summed E-state index contributed by atoms with van der Waals surface area (Å²) in [5, 5.41) is 0.570. The van der Waals surface area contributed by atoms with E-state index < -0.39 is 17.6 Å². The number of fused-ring (bicyclic) bond motifs is 1. The first kappa shape index (κ1) is 20.6. The van der Waals surface area contributed by atoms with Gasteiger partial charge in [0, 0.05) is 36.6 Å². The van der Waals surface area contributed by atoms with Crippen LogP contribution in [0.4, 0.5) is 17.6 Å². The summed E-state index contributed by atoms with van der Waals surface area (Å²) in [5.41, 5.74) is 0.711. The number of aromatic amines is 1. The van der Waals surface area contributed by atoms with E-state index in [-0.39, 0.29) is 24.2 Å². The highest BCUT2D eigenvalue weighted by Gasteiger charge is 2.31. The van der Waals surface area contributed by atoms with Crippen molar-refractivity contribution in [1.29, 1.82) is 0 Å². The second kappa shape index (κ2) is 7.85. The van der Waals surface area contributed by atoms with Gasteiger partial charge in [0.25, 0.3) is 5.56 Å². The maximum Gasteiger partial charge on any atom is 0.416 e. The number of benzene rings is 2. The minimum Gasteiger partial charge on any atom is -0.306 e. The molecule has 0 radical (unpaired) electrons. The lowest BCUT2D eigenvalue weighted by atomic mass is 10.0. The van der Waals surface area contributed by atoms with Crippen molar-refractivity contribution in [3.8, 4) is 11.4 Å². The van der Waals surface area contributed by atoms with E-state index in [2.05, 4.69) is 9.97 Å². The minimum atomic E-state index is -4.62. The third kappa shape index (κ3) is 4.39. The molecule has 0 saturated carbocycles. The Morgan fingerprint density at radius 2 is 1.87 bits per heavy atom. The van der Waals surface area contributed by atoms with E-state index >= 15 is 0 Å². The van der Waals surface area contributed by atoms with Gasteiger partial charge >= 0.3 is 6.18 Å². The van der Waals surface area contributed by atoms with Gasteiger partial charge in [-0.3, -0.25) is 9.69 Å². The molecule has 3 aromatic rings. The highest BCUT2D eigenvalue weighted by molar-refractivity contribution is 6.30. The summed E-state index contributed by atoms with van der Waals surface area (Å²) < 4.78 is 52.5. The summed E-state index contributed by atoms with van der Waals surface area (Å²) in [5.74, 6) is -0.506. The van der Waals surface area contributed by atoms with Gasteiger partial charge in [-0.15, -0.1) is 0 Å². The summed E-state index contributed by atoms with van der Waals surface area (Å²) in [7, 11) is 0. The Morgan fingerprint density at radius 1 is 1.13 bits per heavy atom. The van der Waals surface area contributed by atoms with Gasteiger partial charge in [0.15, 0.2) is 0 Å². The van der Waals surface area contributed by atoms with Crippen molar-refractivity contribution in [2.75, 3.05) is 6.54 Å². The van der Waals surface area contributed by atoms with Gasteiger partial charge in [-0.05, 0) is 48.0 Å². The standard InChI is InChI=1S/C21H16ClF4N3O/c22-15-3-1-13(2-4-15)19-27-18-5-6-29(11-17(18)20(30)28-19)10-12-7-14(21(24,25)26)9-16(23)8-12/h1-4,7-9H,5-6,10-11H2,(H,27,28,30).